The number of morpholine rings is 1. The molecule has 37 heavy (non-hydrogen) atoms. The van der Waals surface area contributed by atoms with Crippen LogP contribution in [-0.2, 0) is 4.74 Å². The SMILES string of the molecule is NCCN1CCN(C(=O)Oc2cccc(-c3nc(N4CCOCC4)c4oc5ncccc5c4n3)c2)CC1. The first-order chi connectivity index (χ1) is 18.2. The molecule has 0 aliphatic carbocycles. The van der Waals surface area contributed by atoms with Crippen molar-refractivity contribution in [3.05, 3.63) is 42.6 Å². The molecule has 11 heteroatoms. The molecular weight excluding hydrogens is 474 g/mol. The number of hydrogen-bond donors (Lipinski definition) is 1. The second-order valence-electron chi connectivity index (χ2n) is 9.12. The van der Waals surface area contributed by atoms with Gasteiger partial charge in [-0.15, -0.1) is 0 Å². The molecule has 2 aliphatic heterocycles. The molecule has 2 saturated heterocycles. The first-order valence-electron chi connectivity index (χ1n) is 12.6. The fourth-order valence-corrected chi connectivity index (χ4v) is 4.78. The highest BCUT2D eigenvalue weighted by atomic mass is 16.6. The number of fused-ring (bicyclic) bond motifs is 3. The first kappa shape index (κ1) is 23.6. The van der Waals surface area contributed by atoms with E-state index in [1.807, 2.05) is 24.3 Å². The number of amides is 1. The standard InChI is InChI=1S/C26H29N7O4/c27-6-8-31-9-11-33(12-10-31)26(34)36-19-4-1-3-18(17-19)23-29-21-20-5-2-7-28-25(20)37-22(21)24(30-23)32-13-15-35-16-14-32/h1-5,7,17H,6,8-16,27H2. The number of rotatable bonds is 5. The molecule has 2 fully saturated rings. The van der Waals surface area contributed by atoms with Crippen LogP contribution in [0, 0.1) is 0 Å². The molecular formula is C26H29N7O4. The van der Waals surface area contributed by atoms with Gasteiger partial charge in [0.15, 0.2) is 17.2 Å². The second kappa shape index (κ2) is 10.3. The number of ether oxygens (including phenoxy) is 2. The zero-order valence-corrected chi connectivity index (χ0v) is 20.5. The number of nitrogens with zero attached hydrogens (tertiary/aromatic N) is 6. The van der Waals surface area contributed by atoms with Crippen molar-refractivity contribution in [3.8, 4) is 17.1 Å². The Morgan fingerprint density at radius 3 is 2.68 bits per heavy atom. The summed E-state index contributed by atoms with van der Waals surface area (Å²) in [5.41, 5.74) is 8.22. The third kappa shape index (κ3) is 4.80. The largest absolute Gasteiger partial charge is 0.432 e. The molecule has 2 N–H and O–H groups in total. The first-order valence-corrected chi connectivity index (χ1v) is 12.6. The predicted molar refractivity (Wildman–Crippen MR) is 139 cm³/mol. The highest BCUT2D eigenvalue weighted by Crippen LogP contribution is 2.35. The summed E-state index contributed by atoms with van der Waals surface area (Å²) in [5.74, 6) is 1.68. The van der Waals surface area contributed by atoms with Crippen molar-refractivity contribution in [1.29, 1.82) is 0 Å². The number of pyridine rings is 1. The van der Waals surface area contributed by atoms with E-state index >= 15 is 0 Å². The maximum atomic E-state index is 12.8. The van der Waals surface area contributed by atoms with Crippen LogP contribution in [0.2, 0.25) is 0 Å². The van der Waals surface area contributed by atoms with Crippen molar-refractivity contribution in [3.63, 3.8) is 0 Å². The summed E-state index contributed by atoms with van der Waals surface area (Å²) in [6.07, 6.45) is 1.34. The van der Waals surface area contributed by atoms with Gasteiger partial charge in [-0.05, 0) is 24.3 Å². The summed E-state index contributed by atoms with van der Waals surface area (Å²) in [6, 6.07) is 11.1. The molecule has 2 aliphatic rings. The van der Waals surface area contributed by atoms with Crippen LogP contribution in [-0.4, -0.2) is 96.4 Å². The Morgan fingerprint density at radius 1 is 1.03 bits per heavy atom. The summed E-state index contributed by atoms with van der Waals surface area (Å²) in [4.78, 5) is 33.1. The van der Waals surface area contributed by atoms with Crippen molar-refractivity contribution in [2.45, 2.75) is 0 Å². The second-order valence-corrected chi connectivity index (χ2v) is 9.12. The Hall–Kier alpha value is -3.80. The highest BCUT2D eigenvalue weighted by molar-refractivity contribution is 6.05. The molecule has 1 aromatic carbocycles. The molecule has 1 amide bonds. The zero-order chi connectivity index (χ0) is 25.2. The third-order valence-corrected chi connectivity index (χ3v) is 6.76. The number of aromatic nitrogens is 3. The monoisotopic (exact) mass is 503 g/mol. The molecule has 11 nitrogen and oxygen atoms in total. The van der Waals surface area contributed by atoms with E-state index in [1.54, 1.807) is 23.2 Å². The number of nitrogens with two attached hydrogens (primary N) is 1. The van der Waals surface area contributed by atoms with Crippen molar-refractivity contribution in [2.24, 2.45) is 5.73 Å². The van der Waals surface area contributed by atoms with Crippen molar-refractivity contribution in [2.75, 3.05) is 70.5 Å². The van der Waals surface area contributed by atoms with Crippen LogP contribution in [0.5, 0.6) is 5.75 Å². The normalized spacial score (nSPS) is 17.0. The van der Waals surface area contributed by atoms with Gasteiger partial charge in [0.25, 0.3) is 0 Å². The third-order valence-electron chi connectivity index (χ3n) is 6.76. The summed E-state index contributed by atoms with van der Waals surface area (Å²) >= 11 is 0. The number of furan rings is 1. The lowest BCUT2D eigenvalue weighted by Crippen LogP contribution is -2.50. The minimum Gasteiger partial charge on any atom is -0.432 e. The van der Waals surface area contributed by atoms with Crippen molar-refractivity contribution in [1.82, 2.24) is 24.8 Å². The van der Waals surface area contributed by atoms with Gasteiger partial charge in [-0.3, -0.25) is 4.90 Å². The van der Waals surface area contributed by atoms with E-state index < -0.39 is 0 Å². The van der Waals surface area contributed by atoms with Crippen LogP contribution in [0.15, 0.2) is 47.0 Å². The quantitative estimate of drug-likeness (QED) is 0.434. The van der Waals surface area contributed by atoms with Crippen molar-refractivity contribution < 1.29 is 18.7 Å². The molecule has 0 saturated carbocycles. The van der Waals surface area contributed by atoms with Crippen LogP contribution in [0.25, 0.3) is 33.6 Å². The van der Waals surface area contributed by atoms with Gasteiger partial charge in [-0.25, -0.2) is 19.7 Å². The zero-order valence-electron chi connectivity index (χ0n) is 20.5. The molecule has 0 bridgehead atoms. The molecule has 6 rings (SSSR count). The van der Waals surface area contributed by atoms with Gasteiger partial charge in [0.1, 0.15) is 11.3 Å². The highest BCUT2D eigenvalue weighted by Gasteiger charge is 2.24. The van der Waals surface area contributed by atoms with Crippen LogP contribution in [0.1, 0.15) is 0 Å². The fraction of sp³-hybridized carbons (Fsp3) is 0.385. The Morgan fingerprint density at radius 2 is 1.86 bits per heavy atom. The molecule has 0 radical (unpaired) electrons. The van der Waals surface area contributed by atoms with Gasteiger partial charge < -0.3 is 29.4 Å². The lowest BCUT2D eigenvalue weighted by atomic mass is 10.2. The van der Waals surface area contributed by atoms with Crippen LogP contribution >= 0.6 is 0 Å². The summed E-state index contributed by atoms with van der Waals surface area (Å²) in [5, 5.41) is 0.826. The lowest BCUT2D eigenvalue weighted by molar-refractivity contribution is 0.112. The van der Waals surface area contributed by atoms with Gasteiger partial charge in [0.2, 0.25) is 5.71 Å². The predicted octanol–water partition coefficient (Wildman–Crippen LogP) is 2.35. The number of carbonyl (C=O) groups excluding carboxylic acids is 1. The number of carbonyl (C=O) groups is 1. The van der Waals surface area contributed by atoms with Crippen LogP contribution < -0.4 is 15.4 Å². The van der Waals surface area contributed by atoms with Crippen LogP contribution in [0.4, 0.5) is 10.6 Å². The lowest BCUT2D eigenvalue weighted by Gasteiger charge is -2.33. The molecule has 4 aromatic rings. The minimum absolute atomic E-state index is 0.359. The summed E-state index contributed by atoms with van der Waals surface area (Å²) in [6.45, 7) is 6.89. The number of benzene rings is 1. The Kier molecular flexibility index (Phi) is 6.56. The van der Waals surface area contributed by atoms with E-state index in [9.17, 15) is 4.79 Å². The molecule has 192 valence electrons. The van der Waals surface area contributed by atoms with Gasteiger partial charge >= 0.3 is 6.09 Å². The Bertz CT molecular complexity index is 1410. The number of anilines is 1. The average Bonchev–Trinajstić information content (AvgIpc) is 3.32. The molecule has 0 spiro atoms. The maximum Gasteiger partial charge on any atom is 0.415 e. The fourth-order valence-electron chi connectivity index (χ4n) is 4.78. The smallest absolute Gasteiger partial charge is 0.415 e. The minimum atomic E-state index is -0.359. The molecule has 0 unspecified atom stereocenters. The van der Waals surface area contributed by atoms with E-state index in [0.717, 1.165) is 30.6 Å². The Labute approximate surface area is 213 Å². The van der Waals surface area contributed by atoms with Gasteiger partial charge in [-0.1, -0.05) is 12.1 Å². The number of hydrogen-bond acceptors (Lipinski definition) is 10. The molecule has 5 heterocycles. The van der Waals surface area contributed by atoms with Gasteiger partial charge in [0, 0.05) is 64.1 Å². The maximum absolute atomic E-state index is 12.8. The Balaban J connectivity index is 1.30. The average molecular weight is 504 g/mol. The van der Waals surface area contributed by atoms with E-state index in [2.05, 4.69) is 14.8 Å². The van der Waals surface area contributed by atoms with Gasteiger partial charge in [0.05, 0.1) is 18.6 Å². The van der Waals surface area contributed by atoms with Crippen molar-refractivity contribution >= 4 is 34.1 Å². The molecule has 3 aromatic heterocycles. The topological polar surface area (TPSA) is 123 Å². The van der Waals surface area contributed by atoms with E-state index in [1.165, 1.54) is 0 Å². The summed E-state index contributed by atoms with van der Waals surface area (Å²) in [7, 11) is 0. The van der Waals surface area contributed by atoms with E-state index in [0.29, 0.717) is 80.1 Å². The van der Waals surface area contributed by atoms with Crippen LogP contribution in [0.3, 0.4) is 0 Å². The van der Waals surface area contributed by atoms with Gasteiger partial charge in [-0.2, -0.15) is 0 Å². The van der Waals surface area contributed by atoms with E-state index in [-0.39, 0.29) is 6.09 Å². The number of piperazine rings is 1. The molecule has 0 atom stereocenters. The summed E-state index contributed by atoms with van der Waals surface area (Å²) < 4.78 is 17.4. The van der Waals surface area contributed by atoms with E-state index in [4.69, 9.17) is 29.6 Å².